The third-order valence-electron chi connectivity index (χ3n) is 3.81. The Bertz CT molecular complexity index is 400. The van der Waals surface area contributed by atoms with Crippen LogP contribution in [-0.4, -0.2) is 18.1 Å². The van der Waals surface area contributed by atoms with Crippen LogP contribution < -0.4 is 10.1 Å². The molecule has 3 heteroatoms. The van der Waals surface area contributed by atoms with Gasteiger partial charge >= 0.3 is 0 Å². The number of rotatable bonds is 4. The van der Waals surface area contributed by atoms with Gasteiger partial charge in [-0.15, -0.1) is 0 Å². The molecule has 0 amide bonds. The molecule has 19 heavy (non-hydrogen) atoms. The summed E-state index contributed by atoms with van der Waals surface area (Å²) in [4.78, 5) is 4.40. The van der Waals surface area contributed by atoms with Crippen molar-refractivity contribution < 1.29 is 4.74 Å². The van der Waals surface area contributed by atoms with E-state index in [1.165, 1.54) is 12.0 Å². The van der Waals surface area contributed by atoms with Gasteiger partial charge < -0.3 is 10.1 Å². The van der Waals surface area contributed by atoms with Gasteiger partial charge in [0.25, 0.3) is 0 Å². The lowest BCUT2D eigenvalue weighted by molar-refractivity contribution is 0.0532. The number of pyridine rings is 1. The van der Waals surface area contributed by atoms with E-state index in [4.69, 9.17) is 4.74 Å². The van der Waals surface area contributed by atoms with Crippen LogP contribution in [0.1, 0.15) is 45.6 Å². The van der Waals surface area contributed by atoms with Crippen molar-refractivity contribution in [2.45, 2.75) is 52.7 Å². The van der Waals surface area contributed by atoms with Gasteiger partial charge in [0.1, 0.15) is 6.10 Å². The molecule has 0 saturated heterocycles. The second-order valence-electron chi connectivity index (χ2n) is 6.69. The highest BCUT2D eigenvalue weighted by atomic mass is 16.5. The third-order valence-corrected chi connectivity index (χ3v) is 3.81. The summed E-state index contributed by atoms with van der Waals surface area (Å²) in [6, 6.07) is 4.06. The predicted octanol–water partition coefficient (Wildman–Crippen LogP) is 3.39. The monoisotopic (exact) mass is 262 g/mol. The van der Waals surface area contributed by atoms with Crippen molar-refractivity contribution in [3.05, 3.63) is 23.9 Å². The lowest BCUT2D eigenvalue weighted by atomic mass is 9.71. The smallest absolute Gasteiger partial charge is 0.213 e. The number of ether oxygens (including phenoxy) is 1. The van der Waals surface area contributed by atoms with E-state index in [9.17, 15) is 0 Å². The summed E-state index contributed by atoms with van der Waals surface area (Å²) in [6.45, 7) is 7.84. The molecule has 0 aromatic carbocycles. The molecule has 1 heterocycles. The Morgan fingerprint density at radius 1 is 1.37 bits per heavy atom. The lowest BCUT2D eigenvalue weighted by Gasteiger charge is -2.38. The first-order chi connectivity index (χ1) is 8.98. The molecular weight excluding hydrogens is 236 g/mol. The van der Waals surface area contributed by atoms with E-state index >= 15 is 0 Å². The molecule has 0 radical (unpaired) electrons. The summed E-state index contributed by atoms with van der Waals surface area (Å²) < 4.78 is 6.06. The zero-order valence-corrected chi connectivity index (χ0v) is 12.6. The fraction of sp³-hybridized carbons (Fsp3) is 0.688. The van der Waals surface area contributed by atoms with Crippen molar-refractivity contribution in [2.75, 3.05) is 7.05 Å². The average molecular weight is 262 g/mol. The van der Waals surface area contributed by atoms with Crippen LogP contribution >= 0.6 is 0 Å². The Balaban J connectivity index is 1.96. The van der Waals surface area contributed by atoms with E-state index in [0.29, 0.717) is 11.5 Å². The molecule has 106 valence electrons. The fourth-order valence-electron chi connectivity index (χ4n) is 3.31. The maximum Gasteiger partial charge on any atom is 0.213 e. The Morgan fingerprint density at radius 2 is 2.16 bits per heavy atom. The largest absolute Gasteiger partial charge is 0.474 e. The summed E-state index contributed by atoms with van der Waals surface area (Å²) >= 11 is 0. The highest BCUT2D eigenvalue weighted by molar-refractivity contribution is 5.18. The molecule has 1 aliphatic rings. The number of nitrogens with zero attached hydrogens (tertiary/aromatic N) is 1. The number of aromatic nitrogens is 1. The molecule has 1 aromatic heterocycles. The van der Waals surface area contributed by atoms with Crippen molar-refractivity contribution in [3.8, 4) is 5.88 Å². The summed E-state index contributed by atoms with van der Waals surface area (Å²) in [5.41, 5.74) is 1.57. The molecule has 0 bridgehead atoms. The van der Waals surface area contributed by atoms with Gasteiger partial charge in [0.2, 0.25) is 5.88 Å². The fourth-order valence-corrected chi connectivity index (χ4v) is 3.31. The Morgan fingerprint density at radius 3 is 2.74 bits per heavy atom. The van der Waals surface area contributed by atoms with E-state index in [1.807, 2.05) is 19.3 Å². The molecule has 3 nitrogen and oxygen atoms in total. The van der Waals surface area contributed by atoms with Crippen molar-refractivity contribution in [3.63, 3.8) is 0 Å². The second-order valence-corrected chi connectivity index (χ2v) is 6.69. The van der Waals surface area contributed by atoms with Crippen LogP contribution in [0.2, 0.25) is 0 Å². The van der Waals surface area contributed by atoms with Crippen LogP contribution in [0.25, 0.3) is 0 Å². The van der Waals surface area contributed by atoms with Gasteiger partial charge in [-0.2, -0.15) is 0 Å². The normalized spacial score (nSPS) is 26.1. The van der Waals surface area contributed by atoms with Gasteiger partial charge in [0, 0.05) is 18.8 Å². The summed E-state index contributed by atoms with van der Waals surface area (Å²) in [5.74, 6) is 1.49. The van der Waals surface area contributed by atoms with Crippen molar-refractivity contribution in [1.29, 1.82) is 0 Å². The van der Waals surface area contributed by atoms with Crippen LogP contribution in [0.15, 0.2) is 18.3 Å². The molecule has 1 N–H and O–H groups in total. The molecule has 2 rings (SSSR count). The molecule has 2 unspecified atom stereocenters. The van der Waals surface area contributed by atoms with Gasteiger partial charge in [-0.1, -0.05) is 26.8 Å². The van der Waals surface area contributed by atoms with Crippen molar-refractivity contribution >= 4 is 0 Å². The maximum absolute atomic E-state index is 6.06. The zero-order chi connectivity index (χ0) is 13.9. The quantitative estimate of drug-likeness (QED) is 0.903. The minimum atomic E-state index is 0.307. The van der Waals surface area contributed by atoms with Gasteiger partial charge in [-0.3, -0.25) is 0 Å². The summed E-state index contributed by atoms with van der Waals surface area (Å²) in [6.07, 6.45) is 5.76. The number of nitrogens with one attached hydrogen (secondary N) is 1. The molecule has 2 atom stereocenters. The van der Waals surface area contributed by atoms with Crippen LogP contribution in [-0.2, 0) is 6.54 Å². The summed E-state index contributed by atoms with van der Waals surface area (Å²) in [5, 5.41) is 3.12. The van der Waals surface area contributed by atoms with E-state index in [-0.39, 0.29) is 0 Å². The second kappa shape index (κ2) is 5.91. The first-order valence-corrected chi connectivity index (χ1v) is 7.25. The summed E-state index contributed by atoms with van der Waals surface area (Å²) in [7, 11) is 1.94. The number of hydrogen-bond donors (Lipinski definition) is 1. The molecule has 0 spiro atoms. The van der Waals surface area contributed by atoms with Gasteiger partial charge in [-0.25, -0.2) is 4.98 Å². The molecule has 1 fully saturated rings. The molecular formula is C16H26N2O. The molecule has 0 aliphatic heterocycles. The van der Waals surface area contributed by atoms with Gasteiger partial charge in [0.15, 0.2) is 0 Å². The Hall–Kier alpha value is -1.09. The van der Waals surface area contributed by atoms with E-state index in [2.05, 4.69) is 37.1 Å². The SMILES string of the molecule is CNCc1ccc(OC2CC(C)CC(C)(C)C2)nc1. The third kappa shape index (κ3) is 4.20. The minimum Gasteiger partial charge on any atom is -0.474 e. The standard InChI is InChI=1S/C16H26N2O/c1-12-7-14(9-16(2,3)8-12)19-15-6-5-13(10-17-4)11-18-15/h5-6,11-12,14,17H,7-10H2,1-4H3. The molecule has 1 aromatic rings. The minimum absolute atomic E-state index is 0.307. The first kappa shape index (κ1) is 14.3. The molecule has 1 aliphatic carbocycles. The van der Waals surface area contributed by atoms with Crippen LogP contribution in [0.5, 0.6) is 5.88 Å². The van der Waals surface area contributed by atoms with E-state index in [0.717, 1.165) is 31.2 Å². The first-order valence-electron chi connectivity index (χ1n) is 7.25. The Labute approximate surface area is 116 Å². The average Bonchev–Trinajstić information content (AvgIpc) is 2.29. The number of hydrogen-bond acceptors (Lipinski definition) is 3. The van der Waals surface area contributed by atoms with E-state index in [1.54, 1.807) is 0 Å². The van der Waals surface area contributed by atoms with Crippen LogP contribution in [0, 0.1) is 11.3 Å². The zero-order valence-electron chi connectivity index (χ0n) is 12.6. The topological polar surface area (TPSA) is 34.1 Å². The maximum atomic E-state index is 6.06. The van der Waals surface area contributed by atoms with Gasteiger partial charge in [0.05, 0.1) is 0 Å². The van der Waals surface area contributed by atoms with E-state index < -0.39 is 0 Å². The Kier molecular flexibility index (Phi) is 4.46. The molecule has 1 saturated carbocycles. The predicted molar refractivity (Wildman–Crippen MR) is 78.2 cm³/mol. The highest BCUT2D eigenvalue weighted by Crippen LogP contribution is 2.39. The van der Waals surface area contributed by atoms with Crippen LogP contribution in [0.4, 0.5) is 0 Å². The van der Waals surface area contributed by atoms with Crippen LogP contribution in [0.3, 0.4) is 0 Å². The van der Waals surface area contributed by atoms with Crippen molar-refractivity contribution in [1.82, 2.24) is 10.3 Å². The van der Waals surface area contributed by atoms with Crippen molar-refractivity contribution in [2.24, 2.45) is 11.3 Å². The highest BCUT2D eigenvalue weighted by Gasteiger charge is 2.33. The lowest BCUT2D eigenvalue weighted by Crippen LogP contribution is -2.34. The van der Waals surface area contributed by atoms with Gasteiger partial charge in [-0.05, 0) is 43.2 Å².